The molecule has 0 radical (unpaired) electrons. The minimum atomic E-state index is 0.648. The molecule has 0 amide bonds. The highest BCUT2D eigenvalue weighted by Crippen LogP contribution is 2.16. The second-order valence-corrected chi connectivity index (χ2v) is 5.07. The van der Waals surface area contributed by atoms with Gasteiger partial charge in [-0.1, -0.05) is 0 Å². The highest BCUT2D eigenvalue weighted by molar-refractivity contribution is 5.52. The van der Waals surface area contributed by atoms with Crippen molar-refractivity contribution in [1.29, 1.82) is 0 Å². The smallest absolute Gasteiger partial charge is 0.160 e. The van der Waals surface area contributed by atoms with Crippen molar-refractivity contribution in [3.05, 3.63) is 23.5 Å². The van der Waals surface area contributed by atoms with E-state index in [1.54, 1.807) is 10.7 Å². The lowest BCUT2D eigenvalue weighted by atomic mass is 10.1. The van der Waals surface area contributed by atoms with Crippen LogP contribution < -0.4 is 11.1 Å². The molecule has 0 spiro atoms. The van der Waals surface area contributed by atoms with Gasteiger partial charge in [-0.2, -0.15) is 9.61 Å². The van der Waals surface area contributed by atoms with Crippen molar-refractivity contribution < 1.29 is 0 Å². The maximum absolute atomic E-state index is 6.00. The van der Waals surface area contributed by atoms with Crippen LogP contribution in [0, 0.1) is 6.92 Å². The molecule has 5 nitrogen and oxygen atoms in total. The molecule has 0 saturated carbocycles. The Bertz CT molecular complexity index is 554. The van der Waals surface area contributed by atoms with Gasteiger partial charge in [-0.15, -0.1) is 0 Å². The van der Waals surface area contributed by atoms with Gasteiger partial charge >= 0.3 is 0 Å². The Morgan fingerprint density at radius 2 is 2.44 bits per heavy atom. The Hall–Kier alpha value is -1.62. The van der Waals surface area contributed by atoms with Crippen LogP contribution in [0.4, 0.5) is 5.82 Å². The number of hydrogen-bond donors (Lipinski definition) is 2. The molecule has 2 aromatic rings. The molecule has 18 heavy (non-hydrogen) atoms. The third kappa shape index (κ3) is 2.06. The van der Waals surface area contributed by atoms with Gasteiger partial charge in [0.2, 0.25) is 0 Å². The van der Waals surface area contributed by atoms with Gasteiger partial charge in [-0.05, 0) is 39.2 Å². The summed E-state index contributed by atoms with van der Waals surface area (Å²) in [5.41, 5.74) is 9.02. The van der Waals surface area contributed by atoms with E-state index in [4.69, 9.17) is 5.73 Å². The van der Waals surface area contributed by atoms with Gasteiger partial charge in [0.05, 0.1) is 6.20 Å². The summed E-state index contributed by atoms with van der Waals surface area (Å²) in [7, 11) is 0. The Balaban J connectivity index is 1.81. The van der Waals surface area contributed by atoms with Gasteiger partial charge in [0.1, 0.15) is 5.82 Å². The lowest BCUT2D eigenvalue weighted by Crippen LogP contribution is -2.22. The van der Waals surface area contributed by atoms with Crippen LogP contribution in [0.2, 0.25) is 0 Å². The van der Waals surface area contributed by atoms with Gasteiger partial charge < -0.3 is 11.1 Å². The molecule has 3 heterocycles. The second-order valence-electron chi connectivity index (χ2n) is 5.07. The predicted molar refractivity (Wildman–Crippen MR) is 71.5 cm³/mol. The number of aromatic nitrogens is 3. The number of hydrogen-bond acceptors (Lipinski definition) is 4. The van der Waals surface area contributed by atoms with Crippen LogP contribution in [0.15, 0.2) is 12.3 Å². The summed E-state index contributed by atoms with van der Waals surface area (Å²) in [5.74, 6) is 0.669. The molecule has 1 aliphatic heterocycles. The minimum Gasteiger partial charge on any atom is -0.384 e. The molecule has 3 rings (SSSR count). The van der Waals surface area contributed by atoms with E-state index in [1.807, 2.05) is 13.0 Å². The molecule has 3 N–H and O–H groups in total. The van der Waals surface area contributed by atoms with Gasteiger partial charge in [0, 0.05) is 23.4 Å². The van der Waals surface area contributed by atoms with Crippen LogP contribution in [-0.2, 0) is 6.42 Å². The minimum absolute atomic E-state index is 0.648. The Morgan fingerprint density at radius 3 is 3.22 bits per heavy atom. The molecule has 0 aliphatic carbocycles. The quantitative estimate of drug-likeness (QED) is 0.855. The first kappa shape index (κ1) is 11.5. The molecule has 2 aromatic heterocycles. The summed E-state index contributed by atoms with van der Waals surface area (Å²) >= 11 is 0. The molecular formula is C13H19N5. The summed E-state index contributed by atoms with van der Waals surface area (Å²) in [5, 5.41) is 7.72. The molecule has 0 bridgehead atoms. The average Bonchev–Trinajstić information content (AvgIpc) is 2.98. The molecule has 1 saturated heterocycles. The summed E-state index contributed by atoms with van der Waals surface area (Å²) in [6, 6.07) is 2.59. The van der Waals surface area contributed by atoms with E-state index in [0.717, 1.165) is 36.3 Å². The molecule has 0 aromatic carbocycles. The van der Waals surface area contributed by atoms with Crippen molar-refractivity contribution >= 4 is 11.5 Å². The van der Waals surface area contributed by atoms with Crippen LogP contribution in [0.3, 0.4) is 0 Å². The SMILES string of the molecule is Cc1cnn2c(N)cc(CC[C@H]3CCCN3)nc12. The highest BCUT2D eigenvalue weighted by Gasteiger charge is 2.14. The van der Waals surface area contributed by atoms with E-state index in [9.17, 15) is 0 Å². The van der Waals surface area contributed by atoms with E-state index in [-0.39, 0.29) is 0 Å². The van der Waals surface area contributed by atoms with Crippen LogP contribution in [0.25, 0.3) is 5.65 Å². The molecule has 1 fully saturated rings. The lowest BCUT2D eigenvalue weighted by molar-refractivity contribution is 0.555. The zero-order valence-electron chi connectivity index (χ0n) is 10.7. The number of nitrogens with one attached hydrogen (secondary N) is 1. The van der Waals surface area contributed by atoms with E-state index < -0.39 is 0 Å². The number of nitrogens with two attached hydrogens (primary N) is 1. The summed E-state index contributed by atoms with van der Waals surface area (Å²) in [6.07, 6.45) is 6.49. The van der Waals surface area contributed by atoms with Crippen molar-refractivity contribution in [3.8, 4) is 0 Å². The van der Waals surface area contributed by atoms with Crippen LogP contribution >= 0.6 is 0 Å². The van der Waals surface area contributed by atoms with E-state index >= 15 is 0 Å². The summed E-state index contributed by atoms with van der Waals surface area (Å²) in [6.45, 7) is 3.16. The fraction of sp³-hybridized carbons (Fsp3) is 0.538. The molecular weight excluding hydrogens is 226 g/mol. The second kappa shape index (κ2) is 4.57. The number of anilines is 1. The first-order valence-electron chi connectivity index (χ1n) is 6.57. The molecule has 5 heteroatoms. The van der Waals surface area contributed by atoms with Crippen molar-refractivity contribution in [1.82, 2.24) is 19.9 Å². The molecule has 1 atom stereocenters. The highest BCUT2D eigenvalue weighted by atomic mass is 15.3. The van der Waals surface area contributed by atoms with Gasteiger partial charge in [-0.25, -0.2) is 4.98 Å². The Labute approximate surface area is 106 Å². The summed E-state index contributed by atoms with van der Waals surface area (Å²) < 4.78 is 1.70. The zero-order chi connectivity index (χ0) is 12.5. The first-order chi connectivity index (χ1) is 8.74. The number of nitrogen functional groups attached to an aromatic ring is 1. The van der Waals surface area contributed by atoms with Crippen LogP contribution in [0.5, 0.6) is 0 Å². The number of fused-ring (bicyclic) bond motifs is 1. The Morgan fingerprint density at radius 1 is 1.56 bits per heavy atom. The maximum atomic E-state index is 6.00. The average molecular weight is 245 g/mol. The Kier molecular flexibility index (Phi) is 2.91. The van der Waals surface area contributed by atoms with Gasteiger partial charge in [0.15, 0.2) is 5.65 Å². The molecule has 1 aliphatic rings. The van der Waals surface area contributed by atoms with Crippen molar-refractivity contribution in [2.75, 3.05) is 12.3 Å². The molecule has 0 unspecified atom stereocenters. The third-order valence-corrected chi connectivity index (χ3v) is 3.64. The lowest BCUT2D eigenvalue weighted by Gasteiger charge is -2.10. The normalized spacial score (nSPS) is 19.7. The largest absolute Gasteiger partial charge is 0.384 e. The monoisotopic (exact) mass is 245 g/mol. The summed E-state index contributed by atoms with van der Waals surface area (Å²) in [4.78, 5) is 4.65. The van der Waals surface area contributed by atoms with Crippen molar-refractivity contribution in [2.45, 2.75) is 38.6 Å². The number of rotatable bonds is 3. The molecule has 96 valence electrons. The van der Waals surface area contributed by atoms with Crippen molar-refractivity contribution in [3.63, 3.8) is 0 Å². The number of aryl methyl sites for hydroxylation is 2. The van der Waals surface area contributed by atoms with Gasteiger partial charge in [-0.3, -0.25) is 0 Å². The standard InChI is InChI=1S/C13H19N5/c1-9-8-16-18-12(14)7-11(17-13(9)18)5-4-10-3-2-6-15-10/h7-8,10,15H,2-6,14H2,1H3/t10-/m1/s1. The van der Waals surface area contributed by atoms with E-state index in [1.165, 1.54) is 12.8 Å². The van der Waals surface area contributed by atoms with Crippen molar-refractivity contribution in [2.24, 2.45) is 0 Å². The number of nitrogens with zero attached hydrogens (tertiary/aromatic N) is 3. The topological polar surface area (TPSA) is 68.2 Å². The first-order valence-corrected chi connectivity index (χ1v) is 6.57. The fourth-order valence-corrected chi connectivity index (χ4v) is 2.60. The van der Waals surface area contributed by atoms with E-state index in [0.29, 0.717) is 11.9 Å². The van der Waals surface area contributed by atoms with Gasteiger partial charge in [0.25, 0.3) is 0 Å². The fourth-order valence-electron chi connectivity index (χ4n) is 2.60. The zero-order valence-corrected chi connectivity index (χ0v) is 10.7. The van der Waals surface area contributed by atoms with Crippen LogP contribution in [0.1, 0.15) is 30.5 Å². The third-order valence-electron chi connectivity index (χ3n) is 3.64. The van der Waals surface area contributed by atoms with Crippen LogP contribution in [-0.4, -0.2) is 27.2 Å². The predicted octanol–water partition coefficient (Wildman–Crippen LogP) is 1.30. The maximum Gasteiger partial charge on any atom is 0.160 e. The van der Waals surface area contributed by atoms with E-state index in [2.05, 4.69) is 15.4 Å².